The van der Waals surface area contributed by atoms with Crippen LogP contribution in [0.25, 0.3) is 0 Å². The van der Waals surface area contributed by atoms with Crippen LogP contribution >= 0.6 is 0 Å². The van der Waals surface area contributed by atoms with Crippen molar-refractivity contribution < 1.29 is 4.79 Å². The average Bonchev–Trinajstić information content (AvgIpc) is 2.14. The first kappa shape index (κ1) is 12.6. The third-order valence-corrected chi connectivity index (χ3v) is 2.79. The molecule has 78 valence electrons. The van der Waals surface area contributed by atoms with Gasteiger partial charge in [-0.15, -0.1) is 0 Å². The molecule has 0 aromatic carbocycles. The zero-order valence-electron chi connectivity index (χ0n) is 9.18. The van der Waals surface area contributed by atoms with Crippen LogP contribution in [0, 0.1) is 11.8 Å². The van der Waals surface area contributed by atoms with Gasteiger partial charge in [0, 0.05) is 12.3 Å². The average molecular weight is 185 g/mol. The summed E-state index contributed by atoms with van der Waals surface area (Å²) in [5.74, 6) is 1.12. The minimum absolute atomic E-state index is 0.158. The Morgan fingerprint density at radius 1 is 1.31 bits per heavy atom. The van der Waals surface area contributed by atoms with Crippen molar-refractivity contribution in [3.8, 4) is 0 Å². The Balaban J connectivity index is 3.83. The van der Waals surface area contributed by atoms with Crippen LogP contribution in [0.1, 0.15) is 46.5 Å². The van der Waals surface area contributed by atoms with Gasteiger partial charge >= 0.3 is 0 Å². The van der Waals surface area contributed by atoms with E-state index in [-0.39, 0.29) is 5.92 Å². The quantitative estimate of drug-likeness (QED) is 0.661. The summed E-state index contributed by atoms with van der Waals surface area (Å²) in [7, 11) is 0. The topological polar surface area (TPSA) is 43.1 Å². The van der Waals surface area contributed by atoms with E-state index in [0.29, 0.717) is 18.2 Å². The lowest BCUT2D eigenvalue weighted by Crippen LogP contribution is -2.18. The molecule has 0 radical (unpaired) electrons. The lowest BCUT2D eigenvalue weighted by Gasteiger charge is -2.14. The third kappa shape index (κ3) is 5.04. The molecule has 2 heteroatoms. The van der Waals surface area contributed by atoms with E-state index in [1.807, 2.05) is 6.92 Å². The maximum atomic E-state index is 11.6. The van der Waals surface area contributed by atoms with Gasteiger partial charge < -0.3 is 5.73 Å². The van der Waals surface area contributed by atoms with Crippen molar-refractivity contribution in [3.05, 3.63) is 0 Å². The van der Waals surface area contributed by atoms with Gasteiger partial charge in [0.1, 0.15) is 5.78 Å². The Labute approximate surface area is 81.9 Å². The number of hydrogen-bond acceptors (Lipinski definition) is 2. The highest BCUT2D eigenvalue weighted by Gasteiger charge is 2.15. The minimum atomic E-state index is 0.158. The highest BCUT2D eigenvalue weighted by Crippen LogP contribution is 2.16. The Kier molecular flexibility index (Phi) is 6.87. The normalized spacial score (nSPS) is 13.3. The van der Waals surface area contributed by atoms with E-state index in [1.54, 1.807) is 0 Å². The summed E-state index contributed by atoms with van der Waals surface area (Å²) in [6.07, 6.45) is 3.79. The fourth-order valence-electron chi connectivity index (χ4n) is 1.47. The van der Waals surface area contributed by atoms with E-state index in [1.165, 1.54) is 0 Å². The Morgan fingerprint density at radius 2 is 1.85 bits per heavy atom. The smallest absolute Gasteiger partial charge is 0.136 e. The molecule has 0 rings (SSSR count). The van der Waals surface area contributed by atoms with Crippen LogP contribution in [0.15, 0.2) is 0 Å². The maximum Gasteiger partial charge on any atom is 0.136 e. The molecule has 0 spiro atoms. The maximum absolute atomic E-state index is 11.6. The first-order valence-electron chi connectivity index (χ1n) is 5.38. The molecule has 0 saturated heterocycles. The number of carbonyl (C=O) groups is 1. The first-order chi connectivity index (χ1) is 6.15. The highest BCUT2D eigenvalue weighted by atomic mass is 16.1. The molecule has 0 bridgehead atoms. The van der Waals surface area contributed by atoms with E-state index in [0.717, 1.165) is 25.7 Å². The number of rotatable bonds is 7. The molecule has 1 atom stereocenters. The van der Waals surface area contributed by atoms with Crippen molar-refractivity contribution in [3.63, 3.8) is 0 Å². The fraction of sp³-hybridized carbons (Fsp3) is 0.909. The second-order valence-corrected chi connectivity index (χ2v) is 3.83. The predicted molar refractivity (Wildman–Crippen MR) is 56.5 cm³/mol. The molecule has 0 aromatic heterocycles. The zero-order valence-corrected chi connectivity index (χ0v) is 9.18. The van der Waals surface area contributed by atoms with Gasteiger partial charge in [0.2, 0.25) is 0 Å². The van der Waals surface area contributed by atoms with Crippen LogP contribution < -0.4 is 5.73 Å². The number of nitrogens with two attached hydrogens (primary N) is 1. The highest BCUT2D eigenvalue weighted by molar-refractivity contribution is 5.80. The Hall–Kier alpha value is -0.370. The molecular weight excluding hydrogens is 162 g/mol. The van der Waals surface area contributed by atoms with Crippen LogP contribution in [-0.4, -0.2) is 12.3 Å². The SMILES string of the molecule is CCC(CC)CC(=O)C(C)CCN. The molecule has 0 fully saturated rings. The van der Waals surface area contributed by atoms with Crippen molar-refractivity contribution in [2.24, 2.45) is 17.6 Å². The van der Waals surface area contributed by atoms with Crippen molar-refractivity contribution in [2.75, 3.05) is 6.54 Å². The Morgan fingerprint density at radius 3 is 2.23 bits per heavy atom. The second kappa shape index (κ2) is 7.07. The van der Waals surface area contributed by atoms with Gasteiger partial charge in [0.15, 0.2) is 0 Å². The molecule has 1 unspecified atom stereocenters. The summed E-state index contributed by atoms with van der Waals surface area (Å²) < 4.78 is 0. The standard InChI is InChI=1S/C11H23NO/c1-4-10(5-2)8-11(13)9(3)6-7-12/h9-10H,4-8,12H2,1-3H3. The molecule has 0 amide bonds. The van der Waals surface area contributed by atoms with E-state index in [2.05, 4.69) is 13.8 Å². The van der Waals surface area contributed by atoms with Crippen molar-refractivity contribution >= 4 is 5.78 Å². The van der Waals surface area contributed by atoms with Gasteiger partial charge in [-0.25, -0.2) is 0 Å². The van der Waals surface area contributed by atoms with Crippen LogP contribution in [0.4, 0.5) is 0 Å². The van der Waals surface area contributed by atoms with Gasteiger partial charge in [-0.3, -0.25) is 4.79 Å². The summed E-state index contributed by atoms with van der Waals surface area (Å²) in [5.41, 5.74) is 5.41. The Bertz CT molecular complexity index is 141. The van der Waals surface area contributed by atoms with Crippen LogP contribution in [-0.2, 0) is 4.79 Å². The predicted octanol–water partition coefficient (Wildman–Crippen LogP) is 2.37. The monoisotopic (exact) mass is 185 g/mol. The molecule has 13 heavy (non-hydrogen) atoms. The van der Waals surface area contributed by atoms with E-state index >= 15 is 0 Å². The molecule has 2 N–H and O–H groups in total. The fourth-order valence-corrected chi connectivity index (χ4v) is 1.47. The summed E-state index contributed by atoms with van der Waals surface area (Å²) in [6, 6.07) is 0. The van der Waals surface area contributed by atoms with Gasteiger partial charge in [0.05, 0.1) is 0 Å². The largest absolute Gasteiger partial charge is 0.330 e. The summed E-state index contributed by atoms with van der Waals surface area (Å²) in [6.45, 7) is 6.90. The minimum Gasteiger partial charge on any atom is -0.330 e. The molecule has 0 aliphatic carbocycles. The molecule has 0 saturated carbocycles. The molecule has 2 nitrogen and oxygen atoms in total. The van der Waals surface area contributed by atoms with Gasteiger partial charge in [-0.2, -0.15) is 0 Å². The van der Waals surface area contributed by atoms with E-state index in [4.69, 9.17) is 5.73 Å². The van der Waals surface area contributed by atoms with Gasteiger partial charge in [0.25, 0.3) is 0 Å². The summed E-state index contributed by atoms with van der Waals surface area (Å²) in [4.78, 5) is 11.6. The zero-order chi connectivity index (χ0) is 10.3. The lowest BCUT2D eigenvalue weighted by molar-refractivity contribution is -0.123. The van der Waals surface area contributed by atoms with E-state index in [9.17, 15) is 4.79 Å². The van der Waals surface area contributed by atoms with Crippen molar-refractivity contribution in [1.29, 1.82) is 0 Å². The molecule has 0 heterocycles. The van der Waals surface area contributed by atoms with Crippen molar-refractivity contribution in [1.82, 2.24) is 0 Å². The van der Waals surface area contributed by atoms with Crippen molar-refractivity contribution in [2.45, 2.75) is 46.5 Å². The van der Waals surface area contributed by atoms with Crippen LogP contribution in [0.3, 0.4) is 0 Å². The molecular formula is C11H23NO. The summed E-state index contributed by atoms with van der Waals surface area (Å²) in [5, 5.41) is 0. The van der Waals surface area contributed by atoms with Crippen LogP contribution in [0.2, 0.25) is 0 Å². The summed E-state index contributed by atoms with van der Waals surface area (Å²) >= 11 is 0. The second-order valence-electron chi connectivity index (χ2n) is 3.83. The lowest BCUT2D eigenvalue weighted by atomic mass is 9.90. The number of Topliss-reactive ketones (excluding diaryl/α,β-unsaturated/α-hetero) is 1. The number of hydrogen-bond donors (Lipinski definition) is 1. The molecule has 0 aliphatic rings. The first-order valence-corrected chi connectivity index (χ1v) is 5.38. The number of ketones is 1. The molecule has 0 aromatic rings. The van der Waals surface area contributed by atoms with E-state index < -0.39 is 0 Å². The van der Waals surface area contributed by atoms with Crippen LogP contribution in [0.5, 0.6) is 0 Å². The number of carbonyl (C=O) groups excluding carboxylic acids is 1. The molecule has 0 aliphatic heterocycles. The third-order valence-electron chi connectivity index (χ3n) is 2.79. The van der Waals surface area contributed by atoms with Gasteiger partial charge in [-0.05, 0) is 18.9 Å². The van der Waals surface area contributed by atoms with Gasteiger partial charge in [-0.1, -0.05) is 33.6 Å².